The number of hydrogen-bond acceptors (Lipinski definition) is 2. The van der Waals surface area contributed by atoms with Gasteiger partial charge in [0.15, 0.2) is 0 Å². The lowest BCUT2D eigenvalue weighted by atomic mass is 10.1. The minimum Gasteiger partial charge on any atom is -0.373 e. The molecule has 3 heteroatoms. The summed E-state index contributed by atoms with van der Waals surface area (Å²) < 4.78 is 0. The third kappa shape index (κ3) is 1.96. The zero-order valence-corrected chi connectivity index (χ0v) is 8.93. The van der Waals surface area contributed by atoms with Crippen LogP contribution in [-0.2, 0) is 6.42 Å². The number of nitrogens with zero attached hydrogens (tertiary/aromatic N) is 1. The van der Waals surface area contributed by atoms with Crippen molar-refractivity contribution in [1.29, 1.82) is 0 Å². The van der Waals surface area contributed by atoms with Gasteiger partial charge >= 0.3 is 0 Å². The molecule has 0 aliphatic rings. The topological polar surface area (TPSA) is 24.9 Å². The monoisotopic (exact) mass is 208 g/mol. The molecular weight excluding hydrogens is 196 g/mol. The largest absolute Gasteiger partial charge is 0.373 e. The molecule has 0 amide bonds. The highest BCUT2D eigenvalue weighted by Gasteiger charge is 2.08. The molecule has 0 saturated carbocycles. The van der Waals surface area contributed by atoms with Crippen molar-refractivity contribution in [3.8, 4) is 0 Å². The molecule has 0 atom stereocenters. The average molecular weight is 209 g/mol. The Hall–Kier alpha value is -1.28. The zero-order valence-electron chi connectivity index (χ0n) is 8.18. The third-order valence-corrected chi connectivity index (χ3v) is 2.37. The molecule has 2 nitrogen and oxygen atoms in total. The lowest BCUT2D eigenvalue weighted by molar-refractivity contribution is 1.18. The summed E-state index contributed by atoms with van der Waals surface area (Å²) in [4.78, 5) is 4.23. The second kappa shape index (κ2) is 4.82. The Kier molecular flexibility index (Phi) is 3.72. The van der Waals surface area contributed by atoms with Crippen molar-refractivity contribution in [1.82, 2.24) is 4.98 Å². The molecule has 74 valence electrons. The summed E-state index contributed by atoms with van der Waals surface area (Å²) in [5.74, 6) is 0.748. The summed E-state index contributed by atoms with van der Waals surface area (Å²) in [5.41, 5.74) is 1.81. The summed E-state index contributed by atoms with van der Waals surface area (Å²) in [6.07, 6.45) is 5.97. The molecule has 0 aromatic carbocycles. The van der Waals surface area contributed by atoms with E-state index in [4.69, 9.17) is 11.6 Å². The van der Waals surface area contributed by atoms with Crippen LogP contribution in [0.1, 0.15) is 11.1 Å². The van der Waals surface area contributed by atoms with Gasteiger partial charge in [-0.15, -0.1) is 6.58 Å². The molecule has 14 heavy (non-hydrogen) atoms. The van der Waals surface area contributed by atoms with Crippen LogP contribution < -0.4 is 5.32 Å². The van der Waals surface area contributed by atoms with E-state index in [1.165, 1.54) is 0 Å². The van der Waals surface area contributed by atoms with Crippen molar-refractivity contribution in [2.24, 2.45) is 0 Å². The first kappa shape index (κ1) is 10.8. The summed E-state index contributed by atoms with van der Waals surface area (Å²) in [7, 11) is 1.80. The number of pyridine rings is 1. The molecule has 1 heterocycles. The van der Waals surface area contributed by atoms with Crippen LogP contribution in [0.4, 0.5) is 5.82 Å². The summed E-state index contributed by atoms with van der Waals surface area (Å²) in [6, 6.07) is 0. The smallest absolute Gasteiger partial charge is 0.134 e. The van der Waals surface area contributed by atoms with Crippen molar-refractivity contribution in [2.45, 2.75) is 6.42 Å². The summed E-state index contributed by atoms with van der Waals surface area (Å²) in [5, 5.41) is 3.66. The second-order valence-electron chi connectivity index (χ2n) is 2.81. The predicted octanol–water partition coefficient (Wildman–Crippen LogP) is 3.15. The first-order chi connectivity index (χ1) is 6.74. The van der Waals surface area contributed by atoms with Gasteiger partial charge in [-0.3, -0.25) is 0 Å². The van der Waals surface area contributed by atoms with E-state index in [0.717, 1.165) is 23.4 Å². The van der Waals surface area contributed by atoms with E-state index in [-0.39, 0.29) is 0 Å². The van der Waals surface area contributed by atoms with Gasteiger partial charge in [-0.2, -0.15) is 0 Å². The van der Waals surface area contributed by atoms with Gasteiger partial charge in [-0.25, -0.2) is 4.98 Å². The quantitative estimate of drug-likeness (QED) is 0.769. The summed E-state index contributed by atoms with van der Waals surface area (Å²) >= 11 is 6.17. The first-order valence-electron chi connectivity index (χ1n) is 4.33. The van der Waals surface area contributed by atoms with Gasteiger partial charge in [-0.1, -0.05) is 30.3 Å². The molecule has 0 spiro atoms. The molecular formula is C11H13ClN2. The van der Waals surface area contributed by atoms with Crippen molar-refractivity contribution in [2.75, 3.05) is 12.4 Å². The minimum absolute atomic E-state index is 0.694. The zero-order chi connectivity index (χ0) is 10.6. The van der Waals surface area contributed by atoms with E-state index in [0.29, 0.717) is 5.02 Å². The van der Waals surface area contributed by atoms with Gasteiger partial charge in [0.1, 0.15) is 5.82 Å². The standard InChI is InChI=1S/C11H13ClN2/c1-4-6-8-7-14-11(13-3)9(5-2)10(8)12/h4-5,7H,1-2,6H2,3H3,(H,13,14). The molecule has 0 aliphatic heterocycles. The number of rotatable bonds is 4. The average Bonchev–Trinajstić information content (AvgIpc) is 2.21. The normalized spacial score (nSPS) is 9.57. The van der Waals surface area contributed by atoms with Gasteiger partial charge in [0.05, 0.1) is 5.02 Å². The lowest BCUT2D eigenvalue weighted by Crippen LogP contribution is -1.98. The van der Waals surface area contributed by atoms with Crippen LogP contribution in [0.15, 0.2) is 25.4 Å². The van der Waals surface area contributed by atoms with Crippen LogP contribution >= 0.6 is 11.6 Å². The Morgan fingerprint density at radius 3 is 2.79 bits per heavy atom. The minimum atomic E-state index is 0.694. The molecule has 1 aromatic heterocycles. The fourth-order valence-electron chi connectivity index (χ4n) is 1.23. The van der Waals surface area contributed by atoms with Crippen molar-refractivity contribution in [3.05, 3.63) is 41.6 Å². The van der Waals surface area contributed by atoms with Crippen molar-refractivity contribution >= 4 is 23.5 Å². The van der Waals surface area contributed by atoms with Gasteiger partial charge in [0, 0.05) is 18.8 Å². The van der Waals surface area contributed by atoms with Crippen LogP contribution in [0.25, 0.3) is 6.08 Å². The van der Waals surface area contributed by atoms with E-state index in [9.17, 15) is 0 Å². The number of aromatic nitrogens is 1. The number of anilines is 1. The van der Waals surface area contributed by atoms with E-state index < -0.39 is 0 Å². The molecule has 0 bridgehead atoms. The van der Waals surface area contributed by atoms with Gasteiger partial charge in [-0.05, 0) is 12.0 Å². The van der Waals surface area contributed by atoms with Gasteiger partial charge in [0.25, 0.3) is 0 Å². The molecule has 1 aromatic rings. The van der Waals surface area contributed by atoms with Gasteiger partial charge in [0.2, 0.25) is 0 Å². The lowest BCUT2D eigenvalue weighted by Gasteiger charge is -2.09. The highest BCUT2D eigenvalue weighted by atomic mass is 35.5. The Bertz CT molecular complexity index is 359. The molecule has 0 radical (unpaired) electrons. The third-order valence-electron chi connectivity index (χ3n) is 1.93. The van der Waals surface area contributed by atoms with E-state index in [2.05, 4.69) is 23.5 Å². The van der Waals surface area contributed by atoms with E-state index >= 15 is 0 Å². The Morgan fingerprint density at radius 1 is 1.57 bits per heavy atom. The van der Waals surface area contributed by atoms with Crippen LogP contribution in [0, 0.1) is 0 Å². The molecule has 1 rings (SSSR count). The number of hydrogen-bond donors (Lipinski definition) is 1. The first-order valence-corrected chi connectivity index (χ1v) is 4.70. The van der Waals surface area contributed by atoms with Crippen molar-refractivity contribution < 1.29 is 0 Å². The second-order valence-corrected chi connectivity index (χ2v) is 3.18. The fraction of sp³-hybridized carbons (Fsp3) is 0.182. The molecule has 1 N–H and O–H groups in total. The van der Waals surface area contributed by atoms with Crippen molar-refractivity contribution in [3.63, 3.8) is 0 Å². The Labute approximate surface area is 89.3 Å². The fourth-order valence-corrected chi connectivity index (χ4v) is 1.52. The molecule has 0 unspecified atom stereocenters. The van der Waals surface area contributed by atoms with Crippen LogP contribution in [-0.4, -0.2) is 12.0 Å². The number of allylic oxidation sites excluding steroid dienone is 1. The maximum Gasteiger partial charge on any atom is 0.134 e. The molecule has 0 saturated heterocycles. The molecule has 0 aliphatic carbocycles. The number of halogens is 1. The van der Waals surface area contributed by atoms with E-state index in [1.807, 2.05) is 0 Å². The van der Waals surface area contributed by atoms with Crippen LogP contribution in [0.3, 0.4) is 0 Å². The summed E-state index contributed by atoms with van der Waals surface area (Å²) in [6.45, 7) is 7.38. The van der Waals surface area contributed by atoms with E-state index in [1.54, 1.807) is 25.4 Å². The maximum atomic E-state index is 6.17. The molecule has 0 fully saturated rings. The highest BCUT2D eigenvalue weighted by molar-refractivity contribution is 6.33. The SMILES string of the molecule is C=CCc1cnc(NC)c(C=C)c1Cl. The maximum absolute atomic E-state index is 6.17. The highest BCUT2D eigenvalue weighted by Crippen LogP contribution is 2.27. The predicted molar refractivity (Wildman–Crippen MR) is 62.8 cm³/mol. The van der Waals surface area contributed by atoms with Crippen LogP contribution in [0.5, 0.6) is 0 Å². The van der Waals surface area contributed by atoms with Crippen LogP contribution in [0.2, 0.25) is 5.02 Å². The Balaban J connectivity index is 3.26. The van der Waals surface area contributed by atoms with Gasteiger partial charge < -0.3 is 5.32 Å². The number of nitrogens with one attached hydrogen (secondary N) is 1. The Morgan fingerprint density at radius 2 is 2.29 bits per heavy atom.